The van der Waals surface area contributed by atoms with Crippen molar-refractivity contribution >= 4 is 27.5 Å². The zero-order valence-corrected chi connectivity index (χ0v) is 12.7. The van der Waals surface area contributed by atoms with E-state index in [0.29, 0.717) is 0 Å². The highest BCUT2D eigenvalue weighted by Crippen LogP contribution is 2.33. The number of hydrogen-bond acceptors (Lipinski definition) is 2. The van der Waals surface area contributed by atoms with Crippen molar-refractivity contribution < 1.29 is 0 Å². The Labute approximate surface area is 120 Å². The van der Waals surface area contributed by atoms with Crippen molar-refractivity contribution in [1.29, 1.82) is 0 Å². The van der Waals surface area contributed by atoms with Gasteiger partial charge in [-0.2, -0.15) is 5.10 Å². The normalized spacial score (nSPS) is 12.7. The van der Waals surface area contributed by atoms with Gasteiger partial charge < -0.3 is 5.32 Å². The molecule has 0 fully saturated rings. The van der Waals surface area contributed by atoms with Gasteiger partial charge in [0.2, 0.25) is 0 Å². The number of halogens is 2. The smallest absolute Gasteiger partial charge is 0.0762 e. The molecule has 1 heterocycles. The second-order valence-electron chi connectivity index (χ2n) is 4.01. The molecule has 1 N–H and O–H groups in total. The van der Waals surface area contributed by atoms with E-state index >= 15 is 0 Å². The molecule has 5 heteroatoms. The summed E-state index contributed by atoms with van der Waals surface area (Å²) in [5.74, 6) is 0. The lowest BCUT2D eigenvalue weighted by Gasteiger charge is -2.20. The number of aryl methyl sites for hydroxylation is 1. The highest BCUT2D eigenvalue weighted by atomic mass is 79.9. The van der Waals surface area contributed by atoms with Crippen molar-refractivity contribution in [3.05, 3.63) is 51.2 Å². The molecule has 0 radical (unpaired) electrons. The van der Waals surface area contributed by atoms with Crippen LogP contribution in [0.15, 0.2) is 34.9 Å². The second kappa shape index (κ2) is 5.87. The maximum Gasteiger partial charge on any atom is 0.0762 e. The number of rotatable bonds is 4. The summed E-state index contributed by atoms with van der Waals surface area (Å²) < 4.78 is 2.77. The molecule has 2 rings (SSSR count). The summed E-state index contributed by atoms with van der Waals surface area (Å²) in [4.78, 5) is 0. The van der Waals surface area contributed by atoms with Gasteiger partial charge in [0.05, 0.1) is 16.8 Å². The Balaban J connectivity index is 2.48. The summed E-state index contributed by atoms with van der Waals surface area (Å²) in [5, 5.41) is 8.40. The lowest BCUT2D eigenvalue weighted by Crippen LogP contribution is -2.24. The van der Waals surface area contributed by atoms with Gasteiger partial charge in [0.15, 0.2) is 0 Å². The minimum atomic E-state index is 0.0486. The fourth-order valence-corrected chi connectivity index (χ4v) is 2.61. The fraction of sp³-hybridized carbons (Fsp3) is 0.308. The topological polar surface area (TPSA) is 29.9 Å². The van der Waals surface area contributed by atoms with Crippen molar-refractivity contribution in [3.63, 3.8) is 0 Å². The molecule has 0 aliphatic rings. The Morgan fingerprint density at radius 3 is 2.83 bits per heavy atom. The van der Waals surface area contributed by atoms with Gasteiger partial charge in [-0.15, -0.1) is 0 Å². The Hall–Kier alpha value is -0.840. The van der Waals surface area contributed by atoms with Gasteiger partial charge in [0.1, 0.15) is 0 Å². The third kappa shape index (κ3) is 2.60. The predicted octanol–water partition coefficient (Wildman–Crippen LogP) is 3.53. The molecule has 1 aromatic carbocycles. The van der Waals surface area contributed by atoms with Crippen LogP contribution in [-0.4, -0.2) is 16.3 Å². The second-order valence-corrected chi connectivity index (χ2v) is 5.25. The van der Waals surface area contributed by atoms with Crippen LogP contribution in [0, 0.1) is 0 Å². The highest BCUT2D eigenvalue weighted by molar-refractivity contribution is 9.10. The molecule has 0 saturated heterocycles. The number of hydrogen-bond donors (Lipinski definition) is 1. The summed E-state index contributed by atoms with van der Waals surface area (Å²) in [6, 6.07) is 8.02. The summed E-state index contributed by atoms with van der Waals surface area (Å²) in [5.41, 5.74) is 2.15. The van der Waals surface area contributed by atoms with E-state index in [2.05, 4.69) is 33.3 Å². The van der Waals surface area contributed by atoms with Crippen LogP contribution in [-0.2, 0) is 7.05 Å². The van der Waals surface area contributed by atoms with E-state index in [9.17, 15) is 0 Å². The number of nitrogens with zero attached hydrogens (tertiary/aromatic N) is 2. The Kier molecular flexibility index (Phi) is 4.43. The zero-order chi connectivity index (χ0) is 13.1. The molecule has 0 spiro atoms. The summed E-state index contributed by atoms with van der Waals surface area (Å²) in [6.45, 7) is 2.94. The lowest BCUT2D eigenvalue weighted by atomic mass is 10.0. The van der Waals surface area contributed by atoms with Crippen molar-refractivity contribution in [2.45, 2.75) is 13.0 Å². The van der Waals surface area contributed by atoms with Crippen molar-refractivity contribution in [3.8, 4) is 0 Å². The van der Waals surface area contributed by atoms with E-state index in [-0.39, 0.29) is 6.04 Å². The molecule has 1 unspecified atom stereocenters. The van der Waals surface area contributed by atoms with E-state index in [4.69, 9.17) is 11.6 Å². The molecule has 1 atom stereocenters. The molecule has 0 amide bonds. The molecular formula is C13H15BrClN3. The third-order valence-corrected chi connectivity index (χ3v) is 4.17. The number of aromatic nitrogens is 2. The minimum absolute atomic E-state index is 0.0486. The van der Waals surface area contributed by atoms with Gasteiger partial charge in [-0.05, 0) is 40.2 Å². The predicted molar refractivity (Wildman–Crippen MR) is 77.9 cm³/mol. The molecule has 0 bridgehead atoms. The molecular weight excluding hydrogens is 314 g/mol. The Morgan fingerprint density at radius 1 is 1.44 bits per heavy atom. The standard InChI is InChI=1S/C13H15BrClN3/c1-3-16-13(11-7-8-17-18(11)2)9-5-4-6-10(14)12(9)15/h4-8,13,16H,3H2,1-2H3. The zero-order valence-electron chi connectivity index (χ0n) is 10.3. The maximum atomic E-state index is 6.38. The lowest BCUT2D eigenvalue weighted by molar-refractivity contribution is 0.572. The first-order valence-electron chi connectivity index (χ1n) is 5.80. The molecule has 18 heavy (non-hydrogen) atoms. The average Bonchev–Trinajstić information content (AvgIpc) is 2.76. The van der Waals surface area contributed by atoms with E-state index in [1.165, 1.54) is 0 Å². The molecule has 2 aromatic rings. The SMILES string of the molecule is CCNC(c1cccc(Br)c1Cl)c1ccnn1C. The Morgan fingerprint density at radius 2 is 2.22 bits per heavy atom. The van der Waals surface area contributed by atoms with E-state index in [0.717, 1.165) is 27.3 Å². The van der Waals surface area contributed by atoms with Gasteiger partial charge in [0.25, 0.3) is 0 Å². The highest BCUT2D eigenvalue weighted by Gasteiger charge is 2.19. The Bertz CT molecular complexity index is 539. The quantitative estimate of drug-likeness (QED) is 0.930. The third-order valence-electron chi connectivity index (χ3n) is 2.86. The van der Waals surface area contributed by atoms with Gasteiger partial charge in [0, 0.05) is 17.7 Å². The largest absolute Gasteiger partial charge is 0.305 e. The van der Waals surface area contributed by atoms with Crippen LogP contribution in [0.25, 0.3) is 0 Å². The van der Waals surface area contributed by atoms with Gasteiger partial charge >= 0.3 is 0 Å². The molecule has 1 aromatic heterocycles. The average molecular weight is 329 g/mol. The molecule has 0 saturated carbocycles. The monoisotopic (exact) mass is 327 g/mol. The van der Waals surface area contributed by atoms with E-state index in [1.54, 1.807) is 6.20 Å². The van der Waals surface area contributed by atoms with Crippen molar-refractivity contribution in [2.75, 3.05) is 6.54 Å². The van der Waals surface area contributed by atoms with Crippen LogP contribution in [0.4, 0.5) is 0 Å². The van der Waals surface area contributed by atoms with Crippen LogP contribution in [0.1, 0.15) is 24.2 Å². The van der Waals surface area contributed by atoms with Gasteiger partial charge in [-0.25, -0.2) is 0 Å². The van der Waals surface area contributed by atoms with Crippen LogP contribution >= 0.6 is 27.5 Å². The van der Waals surface area contributed by atoms with Crippen LogP contribution < -0.4 is 5.32 Å². The summed E-state index contributed by atoms with van der Waals surface area (Å²) in [6.07, 6.45) is 1.80. The fourth-order valence-electron chi connectivity index (χ4n) is 1.99. The molecule has 96 valence electrons. The number of nitrogens with one attached hydrogen (secondary N) is 1. The minimum Gasteiger partial charge on any atom is -0.305 e. The van der Waals surface area contributed by atoms with Crippen molar-refractivity contribution in [1.82, 2.24) is 15.1 Å². The van der Waals surface area contributed by atoms with Crippen LogP contribution in [0.2, 0.25) is 5.02 Å². The summed E-state index contributed by atoms with van der Waals surface area (Å²) >= 11 is 9.84. The van der Waals surface area contributed by atoms with E-state index in [1.807, 2.05) is 36.0 Å². The molecule has 0 aliphatic heterocycles. The van der Waals surface area contributed by atoms with Gasteiger partial charge in [-0.1, -0.05) is 30.7 Å². The van der Waals surface area contributed by atoms with Crippen LogP contribution in [0.5, 0.6) is 0 Å². The van der Waals surface area contributed by atoms with Crippen LogP contribution in [0.3, 0.4) is 0 Å². The molecule has 3 nitrogen and oxygen atoms in total. The first-order valence-corrected chi connectivity index (χ1v) is 6.97. The number of benzene rings is 1. The first-order chi connectivity index (χ1) is 8.65. The first kappa shape index (κ1) is 13.6. The van der Waals surface area contributed by atoms with Crippen molar-refractivity contribution in [2.24, 2.45) is 7.05 Å². The summed E-state index contributed by atoms with van der Waals surface area (Å²) in [7, 11) is 1.94. The van der Waals surface area contributed by atoms with E-state index < -0.39 is 0 Å². The molecule has 0 aliphatic carbocycles. The van der Waals surface area contributed by atoms with Gasteiger partial charge in [-0.3, -0.25) is 4.68 Å². The maximum absolute atomic E-state index is 6.38.